The van der Waals surface area contributed by atoms with Gasteiger partial charge in [-0.1, -0.05) is 0 Å². The van der Waals surface area contributed by atoms with E-state index in [2.05, 4.69) is 33.9 Å². The van der Waals surface area contributed by atoms with Crippen molar-refractivity contribution in [2.45, 2.75) is 19.0 Å². The third-order valence-corrected chi connectivity index (χ3v) is 4.08. The van der Waals surface area contributed by atoms with Gasteiger partial charge in [-0.15, -0.1) is 0 Å². The molecule has 0 spiro atoms. The van der Waals surface area contributed by atoms with E-state index >= 15 is 0 Å². The number of likely N-dealkylation sites (N-methyl/N-ethyl adjacent to an activating group) is 2. The molecule has 6 heteroatoms. The normalized spacial score (nSPS) is 22.2. The summed E-state index contributed by atoms with van der Waals surface area (Å²) in [6.45, 7) is 6.18. The standard InChI is InChI=1S/C15H25N3O3/c1-11(13-5-6-14(21-13)15(19)20-4)16-9-12-10-17(2)7-8-18(12)3/h5-6,11-12,16H,7-10H2,1-4H3. The van der Waals surface area contributed by atoms with Crippen LogP contribution in [-0.4, -0.2) is 69.2 Å². The fourth-order valence-electron chi connectivity index (χ4n) is 2.53. The lowest BCUT2D eigenvalue weighted by atomic mass is 10.1. The van der Waals surface area contributed by atoms with Gasteiger partial charge in [-0.05, 0) is 33.2 Å². The van der Waals surface area contributed by atoms with Crippen molar-refractivity contribution in [3.63, 3.8) is 0 Å². The van der Waals surface area contributed by atoms with Crippen molar-refractivity contribution >= 4 is 5.97 Å². The molecule has 6 nitrogen and oxygen atoms in total. The highest BCUT2D eigenvalue weighted by Crippen LogP contribution is 2.17. The summed E-state index contributed by atoms with van der Waals surface area (Å²) in [4.78, 5) is 16.1. The number of furan rings is 1. The molecule has 1 N–H and O–H groups in total. The van der Waals surface area contributed by atoms with E-state index in [4.69, 9.17) is 4.42 Å². The molecule has 0 aromatic carbocycles. The van der Waals surface area contributed by atoms with Gasteiger partial charge in [0.2, 0.25) is 5.76 Å². The average molecular weight is 295 g/mol. The molecule has 2 atom stereocenters. The van der Waals surface area contributed by atoms with Crippen LogP contribution >= 0.6 is 0 Å². The summed E-state index contributed by atoms with van der Waals surface area (Å²) in [7, 11) is 5.66. The van der Waals surface area contributed by atoms with Gasteiger partial charge in [-0.2, -0.15) is 0 Å². The first kappa shape index (κ1) is 16.0. The van der Waals surface area contributed by atoms with Crippen molar-refractivity contribution in [3.8, 4) is 0 Å². The summed E-state index contributed by atoms with van der Waals surface area (Å²) < 4.78 is 10.2. The van der Waals surface area contributed by atoms with E-state index in [0.717, 1.165) is 31.9 Å². The minimum Gasteiger partial charge on any atom is -0.463 e. The maximum Gasteiger partial charge on any atom is 0.373 e. The fraction of sp³-hybridized carbons (Fsp3) is 0.667. The Hall–Kier alpha value is -1.37. The van der Waals surface area contributed by atoms with Crippen LogP contribution in [0.3, 0.4) is 0 Å². The zero-order chi connectivity index (χ0) is 15.4. The Labute approximate surface area is 126 Å². The molecule has 0 bridgehead atoms. The number of piperazine rings is 1. The molecular weight excluding hydrogens is 270 g/mol. The predicted molar refractivity (Wildman–Crippen MR) is 80.4 cm³/mol. The number of carbonyl (C=O) groups is 1. The molecule has 21 heavy (non-hydrogen) atoms. The summed E-state index contributed by atoms with van der Waals surface area (Å²) in [5.74, 6) is 0.556. The molecule has 0 amide bonds. The van der Waals surface area contributed by atoms with Crippen molar-refractivity contribution < 1.29 is 13.9 Å². The molecule has 118 valence electrons. The van der Waals surface area contributed by atoms with Gasteiger partial charge >= 0.3 is 5.97 Å². The summed E-state index contributed by atoms with van der Waals surface area (Å²) in [5.41, 5.74) is 0. The van der Waals surface area contributed by atoms with Crippen LogP contribution in [0.1, 0.15) is 29.3 Å². The van der Waals surface area contributed by atoms with E-state index in [0.29, 0.717) is 6.04 Å². The Morgan fingerprint density at radius 1 is 1.48 bits per heavy atom. The van der Waals surface area contributed by atoms with Crippen LogP contribution in [0.25, 0.3) is 0 Å². The third-order valence-electron chi connectivity index (χ3n) is 4.08. The maximum absolute atomic E-state index is 11.4. The molecule has 1 saturated heterocycles. The van der Waals surface area contributed by atoms with E-state index in [9.17, 15) is 4.79 Å². The Morgan fingerprint density at radius 3 is 2.95 bits per heavy atom. The van der Waals surface area contributed by atoms with Gasteiger partial charge < -0.3 is 19.4 Å². The third kappa shape index (κ3) is 4.06. The van der Waals surface area contributed by atoms with Gasteiger partial charge in [0.1, 0.15) is 5.76 Å². The minimum absolute atomic E-state index is 0.0593. The number of nitrogens with one attached hydrogen (secondary N) is 1. The number of ether oxygens (including phenoxy) is 1. The second-order valence-electron chi connectivity index (χ2n) is 5.72. The lowest BCUT2D eigenvalue weighted by Crippen LogP contribution is -2.53. The average Bonchev–Trinajstić information content (AvgIpc) is 2.97. The van der Waals surface area contributed by atoms with Crippen LogP contribution in [-0.2, 0) is 4.74 Å². The van der Waals surface area contributed by atoms with Gasteiger partial charge in [-0.25, -0.2) is 4.79 Å². The van der Waals surface area contributed by atoms with Crippen molar-refractivity contribution in [2.24, 2.45) is 0 Å². The SMILES string of the molecule is COC(=O)c1ccc(C(C)NCC2CN(C)CCN2C)o1. The van der Waals surface area contributed by atoms with Crippen LogP contribution in [0.15, 0.2) is 16.5 Å². The highest BCUT2D eigenvalue weighted by molar-refractivity contribution is 5.86. The van der Waals surface area contributed by atoms with Gasteiger partial charge in [0.25, 0.3) is 0 Å². The molecule has 0 radical (unpaired) electrons. The van der Waals surface area contributed by atoms with Gasteiger partial charge in [-0.3, -0.25) is 4.90 Å². The summed E-state index contributed by atoms with van der Waals surface area (Å²) in [6, 6.07) is 4.02. The van der Waals surface area contributed by atoms with Crippen LogP contribution in [0.2, 0.25) is 0 Å². The second-order valence-corrected chi connectivity index (χ2v) is 5.72. The van der Waals surface area contributed by atoms with Crippen LogP contribution < -0.4 is 5.32 Å². The van der Waals surface area contributed by atoms with E-state index in [1.165, 1.54) is 7.11 Å². The molecular formula is C15H25N3O3. The van der Waals surface area contributed by atoms with Gasteiger partial charge in [0, 0.05) is 32.2 Å². The number of rotatable bonds is 5. The summed E-state index contributed by atoms with van der Waals surface area (Å²) in [5, 5.41) is 3.48. The molecule has 1 aliphatic heterocycles. The summed E-state index contributed by atoms with van der Waals surface area (Å²) in [6.07, 6.45) is 0. The molecule has 2 heterocycles. The minimum atomic E-state index is -0.443. The molecule has 2 unspecified atom stereocenters. The number of nitrogens with zero attached hydrogens (tertiary/aromatic N) is 2. The number of esters is 1. The quantitative estimate of drug-likeness (QED) is 0.817. The highest BCUT2D eigenvalue weighted by Gasteiger charge is 2.23. The number of hydrogen-bond donors (Lipinski definition) is 1. The number of hydrogen-bond acceptors (Lipinski definition) is 6. The Kier molecular flexibility index (Phi) is 5.39. The smallest absolute Gasteiger partial charge is 0.373 e. The van der Waals surface area contributed by atoms with Gasteiger partial charge in [0.15, 0.2) is 0 Å². The molecule has 1 aromatic rings. The maximum atomic E-state index is 11.4. The summed E-state index contributed by atoms with van der Waals surface area (Å²) >= 11 is 0. The molecule has 2 rings (SSSR count). The molecule has 0 saturated carbocycles. The van der Waals surface area contributed by atoms with Crippen molar-refractivity contribution in [1.29, 1.82) is 0 Å². The Bertz CT molecular complexity index is 474. The first-order valence-corrected chi connectivity index (χ1v) is 7.31. The van der Waals surface area contributed by atoms with Crippen molar-refractivity contribution in [3.05, 3.63) is 23.7 Å². The van der Waals surface area contributed by atoms with Crippen molar-refractivity contribution in [1.82, 2.24) is 15.1 Å². The lowest BCUT2D eigenvalue weighted by molar-refractivity contribution is 0.0562. The van der Waals surface area contributed by atoms with E-state index in [-0.39, 0.29) is 11.8 Å². The molecule has 0 aliphatic carbocycles. The predicted octanol–water partition coefficient (Wildman–Crippen LogP) is 0.963. The van der Waals surface area contributed by atoms with Crippen LogP contribution in [0.5, 0.6) is 0 Å². The number of carbonyl (C=O) groups excluding carboxylic acids is 1. The van der Waals surface area contributed by atoms with E-state index in [1.54, 1.807) is 6.07 Å². The molecule has 1 fully saturated rings. The van der Waals surface area contributed by atoms with E-state index < -0.39 is 5.97 Å². The second kappa shape index (κ2) is 7.06. The Balaban J connectivity index is 1.87. The first-order valence-electron chi connectivity index (χ1n) is 7.31. The highest BCUT2D eigenvalue weighted by atomic mass is 16.5. The van der Waals surface area contributed by atoms with E-state index in [1.807, 2.05) is 13.0 Å². The van der Waals surface area contributed by atoms with Gasteiger partial charge in [0.05, 0.1) is 13.2 Å². The molecule has 1 aromatic heterocycles. The lowest BCUT2D eigenvalue weighted by Gasteiger charge is -2.38. The van der Waals surface area contributed by atoms with Crippen molar-refractivity contribution in [2.75, 3.05) is 47.4 Å². The molecule has 1 aliphatic rings. The monoisotopic (exact) mass is 295 g/mol. The van der Waals surface area contributed by atoms with Crippen LogP contribution in [0, 0.1) is 0 Å². The topological polar surface area (TPSA) is 58.0 Å². The fourth-order valence-corrected chi connectivity index (χ4v) is 2.53. The largest absolute Gasteiger partial charge is 0.463 e. The first-order chi connectivity index (χ1) is 10.0. The number of methoxy groups -OCH3 is 1. The van der Waals surface area contributed by atoms with Crippen LogP contribution in [0.4, 0.5) is 0 Å². The zero-order valence-corrected chi connectivity index (χ0v) is 13.3. The Morgan fingerprint density at radius 2 is 2.24 bits per heavy atom. The zero-order valence-electron chi connectivity index (χ0n) is 13.3.